The van der Waals surface area contributed by atoms with E-state index in [1.165, 1.54) is 12.1 Å². The zero-order valence-electron chi connectivity index (χ0n) is 11.1. The number of amides is 1. The van der Waals surface area contributed by atoms with Crippen LogP contribution in [0.5, 0.6) is 0 Å². The number of nitrogens with one attached hydrogen (secondary N) is 1. The molecule has 0 saturated carbocycles. The molecule has 1 atom stereocenters. The molecule has 0 bridgehead atoms. The number of halogens is 1. The van der Waals surface area contributed by atoms with Crippen LogP contribution in [0.3, 0.4) is 0 Å². The Labute approximate surface area is 121 Å². The minimum Gasteiger partial charge on any atom is -0.355 e. The Morgan fingerprint density at radius 3 is 2.52 bits per heavy atom. The average Bonchev–Trinajstić information content (AvgIpc) is 2.93. The molecule has 104 valence electrons. The zero-order chi connectivity index (χ0) is 14.7. The minimum absolute atomic E-state index is 0.00514. The molecule has 1 aromatic heterocycles. The van der Waals surface area contributed by atoms with Crippen LogP contribution in [0.2, 0.25) is 0 Å². The Bertz CT molecular complexity index is 714. The molecule has 1 amide bonds. The summed E-state index contributed by atoms with van der Waals surface area (Å²) < 4.78 is 12.8. The van der Waals surface area contributed by atoms with Gasteiger partial charge in [0.1, 0.15) is 11.5 Å². The predicted octanol–water partition coefficient (Wildman–Crippen LogP) is 1.62. The van der Waals surface area contributed by atoms with Crippen molar-refractivity contribution < 1.29 is 9.18 Å². The number of hydrogen-bond acceptors (Lipinski definition) is 3. The number of carbonyl (C=O) groups is 1. The first-order valence-electron chi connectivity index (χ1n) is 6.61. The van der Waals surface area contributed by atoms with Gasteiger partial charge in [0, 0.05) is 12.1 Å². The van der Waals surface area contributed by atoms with Gasteiger partial charge in [-0.3, -0.25) is 4.79 Å². The third kappa shape index (κ3) is 3.06. The van der Waals surface area contributed by atoms with E-state index in [1.807, 2.05) is 0 Å². The van der Waals surface area contributed by atoms with Crippen LogP contribution in [0.25, 0.3) is 0 Å². The van der Waals surface area contributed by atoms with E-state index in [4.69, 9.17) is 0 Å². The van der Waals surface area contributed by atoms with E-state index < -0.39 is 0 Å². The number of carbonyl (C=O) groups excluding carboxylic acids is 1. The number of aromatic nitrogens is 2. The molecule has 2 aromatic rings. The van der Waals surface area contributed by atoms with Crippen molar-refractivity contribution in [3.8, 4) is 11.8 Å². The van der Waals surface area contributed by atoms with Crippen LogP contribution in [0.1, 0.15) is 29.3 Å². The lowest BCUT2D eigenvalue weighted by atomic mass is 10.0. The third-order valence-electron chi connectivity index (χ3n) is 3.27. The van der Waals surface area contributed by atoms with E-state index in [0.29, 0.717) is 23.5 Å². The molecule has 0 aliphatic carbocycles. The maximum absolute atomic E-state index is 12.8. The van der Waals surface area contributed by atoms with Gasteiger partial charge in [-0.05, 0) is 48.7 Å². The summed E-state index contributed by atoms with van der Waals surface area (Å²) in [4.78, 5) is 11.6. The summed E-state index contributed by atoms with van der Waals surface area (Å²) in [6.45, 7) is 0.678. The maximum Gasteiger partial charge on any atom is 0.229 e. The number of benzene rings is 1. The molecule has 21 heavy (non-hydrogen) atoms. The van der Waals surface area contributed by atoms with Gasteiger partial charge < -0.3 is 5.32 Å². The molecule has 1 aliphatic rings. The van der Waals surface area contributed by atoms with Crippen molar-refractivity contribution in [2.24, 2.45) is 0 Å². The van der Waals surface area contributed by atoms with Gasteiger partial charge in [0.15, 0.2) is 0 Å². The summed E-state index contributed by atoms with van der Waals surface area (Å²) in [7, 11) is 0. The Balaban J connectivity index is 1.76. The largest absolute Gasteiger partial charge is 0.355 e. The normalized spacial score (nSPS) is 17.0. The molecule has 2 heterocycles. The second-order valence-corrected chi connectivity index (χ2v) is 4.73. The fourth-order valence-corrected chi connectivity index (χ4v) is 2.14. The SMILES string of the molecule is O=C1NCCC1c1ccc(C#Cc2ccc(F)cc2)nn1. The van der Waals surface area contributed by atoms with Crippen molar-refractivity contribution >= 4 is 5.91 Å². The summed E-state index contributed by atoms with van der Waals surface area (Å²) in [6.07, 6.45) is 0.744. The van der Waals surface area contributed by atoms with Crippen LogP contribution in [0.4, 0.5) is 4.39 Å². The molecular weight excluding hydrogens is 269 g/mol. The Kier molecular flexibility index (Phi) is 3.61. The number of rotatable bonds is 1. The highest BCUT2D eigenvalue weighted by atomic mass is 19.1. The second-order valence-electron chi connectivity index (χ2n) is 4.73. The van der Waals surface area contributed by atoms with Crippen molar-refractivity contribution in [2.45, 2.75) is 12.3 Å². The van der Waals surface area contributed by atoms with Gasteiger partial charge in [-0.2, -0.15) is 5.10 Å². The fraction of sp³-hybridized carbons (Fsp3) is 0.188. The number of nitrogens with zero attached hydrogens (tertiary/aromatic N) is 2. The molecule has 1 aromatic carbocycles. The molecule has 0 spiro atoms. The lowest BCUT2D eigenvalue weighted by molar-refractivity contribution is -0.120. The molecule has 5 heteroatoms. The van der Waals surface area contributed by atoms with Crippen LogP contribution < -0.4 is 5.32 Å². The summed E-state index contributed by atoms with van der Waals surface area (Å²) in [5, 5.41) is 10.8. The first kappa shape index (κ1) is 13.3. The van der Waals surface area contributed by atoms with Gasteiger partial charge >= 0.3 is 0 Å². The van der Waals surface area contributed by atoms with Crippen molar-refractivity contribution in [1.29, 1.82) is 0 Å². The summed E-state index contributed by atoms with van der Waals surface area (Å²) >= 11 is 0. The van der Waals surface area contributed by atoms with Crippen molar-refractivity contribution in [2.75, 3.05) is 6.54 Å². The second kappa shape index (κ2) is 5.71. The highest BCUT2D eigenvalue weighted by Crippen LogP contribution is 2.20. The maximum atomic E-state index is 12.8. The molecule has 3 rings (SSSR count). The lowest BCUT2D eigenvalue weighted by Gasteiger charge is -2.04. The van der Waals surface area contributed by atoms with Crippen LogP contribution in [-0.2, 0) is 4.79 Å². The first-order chi connectivity index (χ1) is 10.2. The van der Waals surface area contributed by atoms with Crippen LogP contribution >= 0.6 is 0 Å². The molecule has 1 N–H and O–H groups in total. The van der Waals surface area contributed by atoms with Crippen molar-refractivity contribution in [3.05, 3.63) is 59.2 Å². The Hall–Kier alpha value is -2.74. The van der Waals surface area contributed by atoms with Crippen LogP contribution in [-0.4, -0.2) is 22.6 Å². The monoisotopic (exact) mass is 281 g/mol. The quantitative estimate of drug-likeness (QED) is 0.808. The molecule has 1 saturated heterocycles. The fourth-order valence-electron chi connectivity index (χ4n) is 2.14. The van der Waals surface area contributed by atoms with E-state index in [0.717, 1.165) is 6.42 Å². The van der Waals surface area contributed by atoms with E-state index in [1.54, 1.807) is 24.3 Å². The highest BCUT2D eigenvalue weighted by molar-refractivity contribution is 5.85. The van der Waals surface area contributed by atoms with Crippen LogP contribution in [0, 0.1) is 17.7 Å². The molecule has 1 unspecified atom stereocenters. The first-order valence-corrected chi connectivity index (χ1v) is 6.61. The Morgan fingerprint density at radius 1 is 1.10 bits per heavy atom. The molecule has 1 fully saturated rings. The van der Waals surface area contributed by atoms with E-state index in [-0.39, 0.29) is 17.6 Å². The summed E-state index contributed by atoms with van der Waals surface area (Å²) in [5.74, 6) is 5.24. The summed E-state index contributed by atoms with van der Waals surface area (Å²) in [5.41, 5.74) is 1.89. The van der Waals surface area contributed by atoms with Crippen molar-refractivity contribution in [3.63, 3.8) is 0 Å². The van der Waals surface area contributed by atoms with Crippen molar-refractivity contribution in [1.82, 2.24) is 15.5 Å². The predicted molar refractivity (Wildman–Crippen MR) is 74.8 cm³/mol. The molecule has 0 radical (unpaired) electrons. The van der Waals surface area contributed by atoms with E-state index in [2.05, 4.69) is 27.4 Å². The van der Waals surface area contributed by atoms with Crippen LogP contribution in [0.15, 0.2) is 36.4 Å². The van der Waals surface area contributed by atoms with Gasteiger partial charge in [-0.1, -0.05) is 5.92 Å². The van der Waals surface area contributed by atoms with Gasteiger partial charge in [0.25, 0.3) is 0 Å². The lowest BCUT2D eigenvalue weighted by Crippen LogP contribution is -2.18. The standard InChI is InChI=1S/C16H12FN3O/c17-12-4-1-11(2-5-12)3-6-13-7-8-15(20-19-13)14-9-10-18-16(14)21/h1-2,4-5,7-8,14H,9-10H2,(H,18,21). The van der Waals surface area contributed by atoms with Gasteiger partial charge in [0.05, 0.1) is 11.6 Å². The van der Waals surface area contributed by atoms with E-state index in [9.17, 15) is 9.18 Å². The molecular formula is C16H12FN3O. The third-order valence-corrected chi connectivity index (χ3v) is 3.27. The average molecular weight is 281 g/mol. The highest BCUT2D eigenvalue weighted by Gasteiger charge is 2.27. The van der Waals surface area contributed by atoms with Gasteiger partial charge in [0.2, 0.25) is 5.91 Å². The zero-order valence-corrected chi connectivity index (χ0v) is 11.1. The Morgan fingerprint density at radius 2 is 1.90 bits per heavy atom. The molecule has 1 aliphatic heterocycles. The van der Waals surface area contributed by atoms with E-state index >= 15 is 0 Å². The smallest absolute Gasteiger partial charge is 0.229 e. The van der Waals surface area contributed by atoms with Gasteiger partial charge in [-0.15, -0.1) is 5.10 Å². The topological polar surface area (TPSA) is 54.9 Å². The summed E-state index contributed by atoms with van der Waals surface area (Å²) in [6, 6.07) is 9.44. The van der Waals surface area contributed by atoms with Gasteiger partial charge in [-0.25, -0.2) is 4.39 Å². The molecule has 4 nitrogen and oxygen atoms in total. The number of hydrogen-bond donors (Lipinski definition) is 1. The minimum atomic E-state index is -0.292.